The summed E-state index contributed by atoms with van der Waals surface area (Å²) < 4.78 is 1.96. The zero-order chi connectivity index (χ0) is 16.9. The van der Waals surface area contributed by atoms with Gasteiger partial charge in [-0.2, -0.15) is 0 Å². The summed E-state index contributed by atoms with van der Waals surface area (Å²) in [5.41, 5.74) is 3.31. The quantitative estimate of drug-likeness (QED) is 0.746. The highest BCUT2D eigenvalue weighted by atomic mass is 32.1. The molecular formula is C19H21N3OS. The Morgan fingerprint density at radius 1 is 1.08 bits per heavy atom. The van der Waals surface area contributed by atoms with Crippen LogP contribution in [0.4, 0.5) is 0 Å². The SMILES string of the molecule is CN(C)Cc1ccccc1CNC(=O)c1sccc1-n1cccc1. The first-order valence-electron chi connectivity index (χ1n) is 7.85. The molecule has 3 rings (SSSR count). The van der Waals surface area contributed by atoms with E-state index in [0.717, 1.165) is 22.7 Å². The molecule has 2 aromatic heterocycles. The summed E-state index contributed by atoms with van der Waals surface area (Å²) in [6.45, 7) is 1.39. The van der Waals surface area contributed by atoms with Crippen molar-refractivity contribution in [2.75, 3.05) is 14.1 Å². The molecule has 0 saturated carbocycles. The minimum atomic E-state index is -0.0339. The summed E-state index contributed by atoms with van der Waals surface area (Å²) in [6.07, 6.45) is 3.90. The molecule has 0 radical (unpaired) electrons. The second-order valence-electron chi connectivity index (χ2n) is 5.91. The van der Waals surface area contributed by atoms with Crippen molar-refractivity contribution in [3.8, 4) is 5.69 Å². The average molecular weight is 339 g/mol. The summed E-state index contributed by atoms with van der Waals surface area (Å²) in [4.78, 5) is 15.5. The normalized spacial score (nSPS) is 11.0. The highest BCUT2D eigenvalue weighted by molar-refractivity contribution is 7.12. The number of carbonyl (C=O) groups excluding carboxylic acids is 1. The first kappa shape index (κ1) is 16.5. The van der Waals surface area contributed by atoms with Crippen LogP contribution in [0.5, 0.6) is 0 Å². The van der Waals surface area contributed by atoms with E-state index in [4.69, 9.17) is 0 Å². The van der Waals surface area contributed by atoms with E-state index in [0.29, 0.717) is 6.54 Å². The lowest BCUT2D eigenvalue weighted by Gasteiger charge is -2.14. The third-order valence-corrected chi connectivity index (χ3v) is 4.68. The highest BCUT2D eigenvalue weighted by Crippen LogP contribution is 2.21. The number of aromatic nitrogens is 1. The molecule has 1 aromatic carbocycles. The Hall–Kier alpha value is -2.37. The van der Waals surface area contributed by atoms with E-state index in [1.807, 2.05) is 66.8 Å². The molecular weight excluding hydrogens is 318 g/mol. The van der Waals surface area contributed by atoms with Crippen LogP contribution in [-0.2, 0) is 13.1 Å². The van der Waals surface area contributed by atoms with Gasteiger partial charge in [0.15, 0.2) is 0 Å². The van der Waals surface area contributed by atoms with Gasteiger partial charge in [0, 0.05) is 25.5 Å². The number of thiophene rings is 1. The monoisotopic (exact) mass is 339 g/mol. The van der Waals surface area contributed by atoms with Crippen LogP contribution in [0.15, 0.2) is 60.2 Å². The van der Waals surface area contributed by atoms with Gasteiger partial charge in [0.05, 0.1) is 5.69 Å². The summed E-state index contributed by atoms with van der Waals surface area (Å²) in [5.74, 6) is -0.0339. The molecule has 5 heteroatoms. The average Bonchev–Trinajstić information content (AvgIpc) is 3.23. The Morgan fingerprint density at radius 3 is 2.50 bits per heavy atom. The van der Waals surface area contributed by atoms with E-state index in [1.54, 1.807) is 0 Å². The zero-order valence-electron chi connectivity index (χ0n) is 13.9. The Morgan fingerprint density at radius 2 is 1.79 bits per heavy atom. The first-order chi connectivity index (χ1) is 11.6. The summed E-state index contributed by atoms with van der Waals surface area (Å²) in [5, 5.41) is 5.01. The van der Waals surface area contributed by atoms with Crippen LogP contribution >= 0.6 is 11.3 Å². The molecule has 0 aliphatic heterocycles. The van der Waals surface area contributed by atoms with Crippen molar-refractivity contribution in [2.24, 2.45) is 0 Å². The van der Waals surface area contributed by atoms with E-state index in [2.05, 4.69) is 22.3 Å². The van der Waals surface area contributed by atoms with Crippen molar-refractivity contribution in [1.82, 2.24) is 14.8 Å². The van der Waals surface area contributed by atoms with Crippen LogP contribution in [-0.4, -0.2) is 29.5 Å². The second kappa shape index (κ2) is 7.47. The Labute approximate surface area is 146 Å². The summed E-state index contributed by atoms with van der Waals surface area (Å²) in [6, 6.07) is 14.1. The van der Waals surface area contributed by atoms with Gasteiger partial charge in [-0.15, -0.1) is 11.3 Å². The molecule has 0 fully saturated rings. The van der Waals surface area contributed by atoms with Gasteiger partial charge in [-0.3, -0.25) is 4.79 Å². The number of amides is 1. The predicted molar refractivity (Wildman–Crippen MR) is 98.6 cm³/mol. The number of hydrogen-bond donors (Lipinski definition) is 1. The third-order valence-electron chi connectivity index (χ3n) is 3.78. The molecule has 0 atom stereocenters. The molecule has 0 bridgehead atoms. The lowest BCUT2D eigenvalue weighted by Crippen LogP contribution is -2.24. The fraction of sp³-hybridized carbons (Fsp3) is 0.211. The Bertz CT molecular complexity index is 806. The van der Waals surface area contributed by atoms with Crippen LogP contribution in [0.25, 0.3) is 5.69 Å². The summed E-state index contributed by atoms with van der Waals surface area (Å²) >= 11 is 1.46. The van der Waals surface area contributed by atoms with Crippen LogP contribution in [0, 0.1) is 0 Å². The van der Waals surface area contributed by atoms with Gasteiger partial charge in [0.2, 0.25) is 0 Å². The number of nitrogens with one attached hydrogen (secondary N) is 1. The van der Waals surface area contributed by atoms with Gasteiger partial charge < -0.3 is 14.8 Å². The topological polar surface area (TPSA) is 37.3 Å². The van der Waals surface area contributed by atoms with Crippen LogP contribution in [0.2, 0.25) is 0 Å². The fourth-order valence-corrected chi connectivity index (χ4v) is 3.46. The number of rotatable bonds is 6. The van der Waals surface area contributed by atoms with E-state index in [1.165, 1.54) is 16.9 Å². The molecule has 0 saturated heterocycles. The van der Waals surface area contributed by atoms with E-state index in [-0.39, 0.29) is 5.91 Å². The maximum absolute atomic E-state index is 12.6. The molecule has 24 heavy (non-hydrogen) atoms. The molecule has 1 amide bonds. The summed E-state index contributed by atoms with van der Waals surface area (Å²) in [7, 11) is 4.09. The maximum Gasteiger partial charge on any atom is 0.263 e. The van der Waals surface area contributed by atoms with Crippen LogP contribution in [0.1, 0.15) is 20.8 Å². The fourth-order valence-electron chi connectivity index (χ4n) is 2.65. The molecule has 0 unspecified atom stereocenters. The lowest BCUT2D eigenvalue weighted by molar-refractivity contribution is 0.0955. The van der Waals surface area contributed by atoms with Crippen molar-refractivity contribution in [3.05, 3.63) is 76.2 Å². The largest absolute Gasteiger partial charge is 0.347 e. The highest BCUT2D eigenvalue weighted by Gasteiger charge is 2.14. The molecule has 2 heterocycles. The Kier molecular flexibility index (Phi) is 5.13. The molecule has 1 N–H and O–H groups in total. The number of nitrogens with zero attached hydrogens (tertiary/aromatic N) is 2. The van der Waals surface area contributed by atoms with Gasteiger partial charge in [-0.1, -0.05) is 24.3 Å². The van der Waals surface area contributed by atoms with Crippen LogP contribution < -0.4 is 5.32 Å². The second-order valence-corrected chi connectivity index (χ2v) is 6.83. The number of hydrogen-bond acceptors (Lipinski definition) is 3. The molecule has 0 aliphatic carbocycles. The van der Waals surface area contributed by atoms with Crippen molar-refractivity contribution >= 4 is 17.2 Å². The molecule has 0 spiro atoms. The molecule has 0 aliphatic rings. The first-order valence-corrected chi connectivity index (χ1v) is 8.73. The minimum absolute atomic E-state index is 0.0339. The number of benzene rings is 1. The van der Waals surface area contributed by atoms with E-state index >= 15 is 0 Å². The minimum Gasteiger partial charge on any atom is -0.347 e. The Balaban J connectivity index is 1.72. The van der Waals surface area contributed by atoms with Gasteiger partial charge in [0.25, 0.3) is 5.91 Å². The van der Waals surface area contributed by atoms with Crippen molar-refractivity contribution < 1.29 is 4.79 Å². The van der Waals surface area contributed by atoms with Gasteiger partial charge in [-0.25, -0.2) is 0 Å². The van der Waals surface area contributed by atoms with Crippen LogP contribution in [0.3, 0.4) is 0 Å². The van der Waals surface area contributed by atoms with Gasteiger partial charge >= 0.3 is 0 Å². The number of carbonyl (C=O) groups is 1. The van der Waals surface area contributed by atoms with Crippen molar-refractivity contribution in [1.29, 1.82) is 0 Å². The van der Waals surface area contributed by atoms with Crippen molar-refractivity contribution in [3.63, 3.8) is 0 Å². The van der Waals surface area contributed by atoms with Gasteiger partial charge in [0.1, 0.15) is 4.88 Å². The molecule has 124 valence electrons. The lowest BCUT2D eigenvalue weighted by atomic mass is 10.1. The third kappa shape index (κ3) is 3.75. The molecule has 3 aromatic rings. The van der Waals surface area contributed by atoms with Gasteiger partial charge in [-0.05, 0) is 48.8 Å². The zero-order valence-corrected chi connectivity index (χ0v) is 14.7. The molecule has 4 nitrogen and oxygen atoms in total. The smallest absolute Gasteiger partial charge is 0.263 e. The predicted octanol–water partition coefficient (Wildman–Crippen LogP) is 3.53. The maximum atomic E-state index is 12.6. The van der Waals surface area contributed by atoms with E-state index in [9.17, 15) is 4.79 Å². The standard InChI is InChI=1S/C19H21N3OS/c1-21(2)14-16-8-4-3-7-15(16)13-20-19(23)18-17(9-12-24-18)22-10-5-6-11-22/h3-12H,13-14H2,1-2H3,(H,20,23). The van der Waals surface area contributed by atoms with E-state index < -0.39 is 0 Å². The van der Waals surface area contributed by atoms with Crippen molar-refractivity contribution in [2.45, 2.75) is 13.1 Å².